The highest BCUT2D eigenvalue weighted by Gasteiger charge is 2.31. The number of hydrogen-bond donors (Lipinski definition) is 0. The van der Waals surface area contributed by atoms with Gasteiger partial charge in [0.05, 0.1) is 10.5 Å². The molecule has 0 radical (unpaired) electrons. The van der Waals surface area contributed by atoms with E-state index >= 15 is 0 Å². The van der Waals surface area contributed by atoms with Crippen LogP contribution in [-0.4, -0.2) is 54.5 Å². The minimum Gasteiger partial charge on any atom is -0.450 e. The Kier molecular flexibility index (Phi) is 6.94. The molecule has 162 valence electrons. The number of benzene rings is 2. The maximum absolute atomic E-state index is 12.9. The van der Waals surface area contributed by atoms with Gasteiger partial charge in [0.2, 0.25) is 5.75 Å². The van der Waals surface area contributed by atoms with Gasteiger partial charge in [-0.25, -0.2) is 0 Å². The van der Waals surface area contributed by atoms with Crippen molar-refractivity contribution in [2.45, 2.75) is 19.0 Å². The zero-order valence-corrected chi connectivity index (χ0v) is 16.7. The molecule has 2 aromatic rings. The first-order valence-electron chi connectivity index (χ1n) is 9.76. The smallest absolute Gasteiger partial charge is 0.416 e. The number of nitro benzene ring substituents is 1. The van der Waals surface area contributed by atoms with E-state index in [4.69, 9.17) is 4.74 Å². The molecule has 3 rings (SSSR count). The van der Waals surface area contributed by atoms with Gasteiger partial charge in [-0.15, -0.1) is 0 Å². The summed E-state index contributed by atoms with van der Waals surface area (Å²) in [5, 5.41) is 11.5. The molecule has 0 aromatic heterocycles. The normalized spacial score (nSPS) is 15.9. The number of ether oxygens (including phenoxy) is 1. The van der Waals surface area contributed by atoms with Gasteiger partial charge < -0.3 is 14.5 Å². The molecular formula is C21H24F3N3O3. The molecule has 0 N–H and O–H groups in total. The van der Waals surface area contributed by atoms with Crippen LogP contribution in [0.4, 0.5) is 18.9 Å². The molecule has 30 heavy (non-hydrogen) atoms. The van der Waals surface area contributed by atoms with Gasteiger partial charge in [-0.05, 0) is 56.3 Å². The summed E-state index contributed by atoms with van der Waals surface area (Å²) in [6.07, 6.45) is -2.97. The predicted molar refractivity (Wildman–Crippen MR) is 107 cm³/mol. The van der Waals surface area contributed by atoms with Gasteiger partial charge in [-0.3, -0.25) is 10.1 Å². The van der Waals surface area contributed by atoms with E-state index in [0.29, 0.717) is 6.42 Å². The maximum Gasteiger partial charge on any atom is 0.416 e. The third-order valence-corrected chi connectivity index (χ3v) is 5.14. The van der Waals surface area contributed by atoms with Gasteiger partial charge in [-0.2, -0.15) is 13.2 Å². The fourth-order valence-corrected chi connectivity index (χ4v) is 3.39. The number of piperazine rings is 1. The van der Waals surface area contributed by atoms with Gasteiger partial charge in [0.15, 0.2) is 0 Å². The highest BCUT2D eigenvalue weighted by atomic mass is 19.4. The Morgan fingerprint density at radius 1 is 1.10 bits per heavy atom. The van der Waals surface area contributed by atoms with E-state index < -0.39 is 16.7 Å². The van der Waals surface area contributed by atoms with Crippen LogP contribution in [0.2, 0.25) is 0 Å². The summed E-state index contributed by atoms with van der Waals surface area (Å²) in [5.41, 5.74) is -0.333. The summed E-state index contributed by atoms with van der Waals surface area (Å²) in [4.78, 5) is 15.6. The van der Waals surface area contributed by atoms with Crippen molar-refractivity contribution in [1.82, 2.24) is 9.80 Å². The van der Waals surface area contributed by atoms with Gasteiger partial charge in [0.25, 0.3) is 0 Å². The molecule has 2 aromatic carbocycles. The molecule has 6 nitrogen and oxygen atoms in total. The van der Waals surface area contributed by atoms with E-state index in [1.54, 1.807) is 6.07 Å². The lowest BCUT2D eigenvalue weighted by Crippen LogP contribution is -2.44. The molecule has 0 spiro atoms. The summed E-state index contributed by atoms with van der Waals surface area (Å²) in [6, 6.07) is 8.90. The van der Waals surface area contributed by atoms with Gasteiger partial charge >= 0.3 is 11.9 Å². The first kappa shape index (κ1) is 22.0. The van der Waals surface area contributed by atoms with Crippen LogP contribution in [0.1, 0.15) is 17.5 Å². The molecular weight excluding hydrogens is 399 g/mol. The van der Waals surface area contributed by atoms with Gasteiger partial charge in [0.1, 0.15) is 5.75 Å². The fraction of sp³-hybridized carbons (Fsp3) is 0.429. The number of aryl methyl sites for hydroxylation is 1. The van der Waals surface area contributed by atoms with Crippen LogP contribution in [-0.2, 0) is 12.6 Å². The molecule has 1 saturated heterocycles. The van der Waals surface area contributed by atoms with Crippen LogP contribution in [0, 0.1) is 10.1 Å². The molecule has 1 aliphatic heterocycles. The largest absolute Gasteiger partial charge is 0.450 e. The predicted octanol–water partition coefficient (Wildman–Crippen LogP) is 4.59. The SMILES string of the molecule is CN1CCN(CCCc2ccc(Oc3cccc(C(F)(F)F)c3)c([N+](=O)[O-])c2)CC1. The Labute approximate surface area is 173 Å². The van der Waals surface area contributed by atoms with E-state index in [0.717, 1.165) is 56.8 Å². The highest BCUT2D eigenvalue weighted by Crippen LogP contribution is 2.36. The topological polar surface area (TPSA) is 58.8 Å². The van der Waals surface area contributed by atoms with Crippen molar-refractivity contribution >= 4 is 5.69 Å². The fourth-order valence-electron chi connectivity index (χ4n) is 3.39. The molecule has 0 aliphatic carbocycles. The molecule has 1 heterocycles. The summed E-state index contributed by atoms with van der Waals surface area (Å²) in [7, 11) is 2.10. The standard InChI is InChI=1S/C21H24F3N3O3/c1-25-10-12-26(13-11-25)9-3-4-16-7-8-20(19(14-16)27(28)29)30-18-6-2-5-17(15-18)21(22,23)24/h2,5-8,14-15H,3-4,9-13H2,1H3. The summed E-state index contributed by atoms with van der Waals surface area (Å²) in [5.74, 6) is -0.183. The second-order valence-corrected chi connectivity index (χ2v) is 7.44. The molecule has 9 heteroatoms. The van der Waals surface area contributed by atoms with E-state index in [-0.39, 0.29) is 17.2 Å². The van der Waals surface area contributed by atoms with E-state index in [1.807, 2.05) is 0 Å². The second-order valence-electron chi connectivity index (χ2n) is 7.44. The molecule has 0 unspecified atom stereocenters. The van der Waals surface area contributed by atoms with Crippen molar-refractivity contribution in [3.05, 3.63) is 63.7 Å². The van der Waals surface area contributed by atoms with Crippen LogP contribution in [0.25, 0.3) is 0 Å². The van der Waals surface area contributed by atoms with Crippen LogP contribution >= 0.6 is 0 Å². The number of nitrogens with zero attached hydrogens (tertiary/aromatic N) is 3. The van der Waals surface area contributed by atoms with Crippen molar-refractivity contribution in [2.75, 3.05) is 39.8 Å². The number of hydrogen-bond acceptors (Lipinski definition) is 5. The van der Waals surface area contributed by atoms with Crippen LogP contribution in [0.5, 0.6) is 11.5 Å². The average Bonchev–Trinajstić information content (AvgIpc) is 2.70. The van der Waals surface area contributed by atoms with E-state index in [9.17, 15) is 23.3 Å². The Bertz CT molecular complexity index is 881. The van der Waals surface area contributed by atoms with Crippen molar-refractivity contribution in [2.24, 2.45) is 0 Å². The molecule has 1 aliphatic rings. The number of likely N-dealkylation sites (N-methyl/N-ethyl adjacent to an activating group) is 1. The minimum atomic E-state index is -4.51. The Morgan fingerprint density at radius 3 is 2.50 bits per heavy atom. The first-order valence-corrected chi connectivity index (χ1v) is 9.76. The Morgan fingerprint density at radius 2 is 1.83 bits per heavy atom. The van der Waals surface area contributed by atoms with Crippen molar-refractivity contribution in [3.63, 3.8) is 0 Å². The summed E-state index contributed by atoms with van der Waals surface area (Å²) >= 11 is 0. The molecule has 1 fully saturated rings. The van der Waals surface area contributed by atoms with Crippen LogP contribution < -0.4 is 4.74 Å². The zero-order valence-electron chi connectivity index (χ0n) is 16.7. The second kappa shape index (κ2) is 9.44. The van der Waals surface area contributed by atoms with Crippen LogP contribution in [0.3, 0.4) is 0 Å². The molecule has 0 amide bonds. The number of nitro groups is 1. The average molecular weight is 423 g/mol. The minimum absolute atomic E-state index is 0.0813. The maximum atomic E-state index is 12.9. The number of alkyl halides is 3. The third kappa shape index (κ3) is 5.93. The molecule has 0 bridgehead atoms. The first-order chi connectivity index (χ1) is 14.2. The quantitative estimate of drug-likeness (QED) is 0.482. The number of halogens is 3. The van der Waals surface area contributed by atoms with E-state index in [2.05, 4.69) is 16.8 Å². The third-order valence-electron chi connectivity index (χ3n) is 5.14. The number of rotatable bonds is 7. The molecule has 0 atom stereocenters. The highest BCUT2D eigenvalue weighted by molar-refractivity contribution is 5.51. The lowest BCUT2D eigenvalue weighted by molar-refractivity contribution is -0.385. The summed E-state index contributed by atoms with van der Waals surface area (Å²) in [6.45, 7) is 5.02. The lowest BCUT2D eigenvalue weighted by atomic mass is 10.1. The van der Waals surface area contributed by atoms with Crippen LogP contribution in [0.15, 0.2) is 42.5 Å². The van der Waals surface area contributed by atoms with Gasteiger partial charge in [-0.1, -0.05) is 12.1 Å². The lowest BCUT2D eigenvalue weighted by Gasteiger charge is -2.32. The Hall–Kier alpha value is -2.65. The Balaban J connectivity index is 1.66. The van der Waals surface area contributed by atoms with Crippen molar-refractivity contribution in [3.8, 4) is 11.5 Å². The van der Waals surface area contributed by atoms with Crippen molar-refractivity contribution < 1.29 is 22.8 Å². The van der Waals surface area contributed by atoms with Gasteiger partial charge in [0, 0.05) is 32.2 Å². The van der Waals surface area contributed by atoms with Crippen molar-refractivity contribution in [1.29, 1.82) is 0 Å². The molecule has 0 saturated carbocycles. The monoisotopic (exact) mass is 423 g/mol. The summed E-state index contributed by atoms with van der Waals surface area (Å²) < 4.78 is 44.0. The zero-order chi connectivity index (χ0) is 21.7. The van der Waals surface area contributed by atoms with E-state index in [1.165, 1.54) is 24.3 Å².